The molecule has 8 nitrogen and oxygen atoms in total. The third-order valence-corrected chi connectivity index (χ3v) is 5.20. The second-order valence-electron chi connectivity index (χ2n) is 7.44. The predicted octanol–water partition coefficient (Wildman–Crippen LogP) is 3.10. The van der Waals surface area contributed by atoms with E-state index in [-0.39, 0.29) is 17.0 Å². The van der Waals surface area contributed by atoms with Crippen molar-refractivity contribution in [1.82, 2.24) is 18.7 Å². The van der Waals surface area contributed by atoms with Crippen LogP contribution in [0.4, 0.5) is 0 Å². The summed E-state index contributed by atoms with van der Waals surface area (Å²) in [6, 6.07) is 5.33. The van der Waals surface area contributed by atoms with E-state index in [1.54, 1.807) is 34.4 Å². The largest absolute Gasteiger partial charge is 0.496 e. The fraction of sp³-hybridized carbons (Fsp3) is 0.391. The van der Waals surface area contributed by atoms with E-state index in [1.165, 1.54) is 18.6 Å². The summed E-state index contributed by atoms with van der Waals surface area (Å²) < 4.78 is 9.82. The highest BCUT2D eigenvalue weighted by Crippen LogP contribution is 2.22. The maximum atomic E-state index is 13.0. The van der Waals surface area contributed by atoms with Crippen molar-refractivity contribution < 1.29 is 9.53 Å². The molecule has 0 atom stereocenters. The zero-order valence-electron chi connectivity index (χ0n) is 18.6. The van der Waals surface area contributed by atoms with Gasteiger partial charge >= 0.3 is 5.69 Å². The van der Waals surface area contributed by atoms with Crippen LogP contribution in [0.5, 0.6) is 5.75 Å². The third-order valence-electron chi connectivity index (χ3n) is 5.20. The molecule has 0 spiro atoms. The lowest BCUT2D eigenvalue weighted by atomic mass is 10.1. The first-order chi connectivity index (χ1) is 14.8. The Bertz CT molecular complexity index is 1280. The van der Waals surface area contributed by atoms with E-state index >= 15 is 0 Å². The lowest BCUT2D eigenvalue weighted by Gasteiger charge is -2.10. The molecule has 2 heterocycles. The maximum absolute atomic E-state index is 13.0. The molecule has 0 N–H and O–H groups in total. The Kier molecular flexibility index (Phi) is 6.58. The van der Waals surface area contributed by atoms with Crippen molar-refractivity contribution in [2.45, 2.75) is 46.7 Å². The molecule has 3 rings (SSSR count). The smallest absolute Gasteiger partial charge is 0.332 e. The molecule has 0 saturated carbocycles. The molecule has 0 fully saturated rings. The number of rotatable bonds is 8. The average Bonchev–Trinajstić information content (AvgIpc) is 3.08. The number of ketones is 1. The number of carbonyl (C=O) groups excluding carboxylic acids is 1. The summed E-state index contributed by atoms with van der Waals surface area (Å²) in [6.45, 7) is 6.26. The van der Waals surface area contributed by atoms with Crippen LogP contribution >= 0.6 is 0 Å². The number of aryl methyl sites for hydroxylation is 2. The Balaban J connectivity index is 2.15. The van der Waals surface area contributed by atoms with Gasteiger partial charge in [-0.05, 0) is 43.5 Å². The Morgan fingerprint density at radius 1 is 1.10 bits per heavy atom. The van der Waals surface area contributed by atoms with Gasteiger partial charge in [0, 0.05) is 20.1 Å². The Morgan fingerprint density at radius 2 is 1.77 bits per heavy atom. The summed E-state index contributed by atoms with van der Waals surface area (Å²) in [7, 11) is 3.29. The molecule has 3 aromatic rings. The van der Waals surface area contributed by atoms with Gasteiger partial charge in [0.1, 0.15) is 11.6 Å². The van der Waals surface area contributed by atoms with E-state index in [4.69, 9.17) is 4.74 Å². The van der Waals surface area contributed by atoms with Gasteiger partial charge in [0.05, 0.1) is 12.7 Å². The van der Waals surface area contributed by atoms with E-state index in [0.29, 0.717) is 47.8 Å². The van der Waals surface area contributed by atoms with Gasteiger partial charge in [0.15, 0.2) is 16.9 Å². The molecular formula is C23H28N4O4. The Labute approximate surface area is 180 Å². The lowest BCUT2D eigenvalue weighted by Crippen LogP contribution is -2.40. The minimum absolute atomic E-state index is 0.0881. The first-order valence-electron chi connectivity index (χ1n) is 10.4. The van der Waals surface area contributed by atoms with Crippen LogP contribution in [0.2, 0.25) is 0 Å². The quantitative estimate of drug-likeness (QED) is 0.519. The van der Waals surface area contributed by atoms with Crippen LogP contribution < -0.4 is 16.0 Å². The molecule has 0 aliphatic heterocycles. The second-order valence-corrected chi connectivity index (χ2v) is 7.44. The number of hydrogen-bond donors (Lipinski definition) is 0. The SMILES string of the molecule is CCCn1c(=O)c2c(nc(/C=C/c3ccc(OC)c(C(C)=O)c3)n2C)n(CCC)c1=O. The zero-order valence-corrected chi connectivity index (χ0v) is 18.6. The van der Waals surface area contributed by atoms with Crippen LogP contribution in [0.25, 0.3) is 23.3 Å². The van der Waals surface area contributed by atoms with E-state index < -0.39 is 0 Å². The van der Waals surface area contributed by atoms with Gasteiger partial charge in [-0.25, -0.2) is 9.78 Å². The number of Topliss-reactive ketones (excluding diaryl/α,β-unsaturated/α-hetero) is 1. The number of hydrogen-bond acceptors (Lipinski definition) is 5. The van der Waals surface area contributed by atoms with Gasteiger partial charge in [-0.2, -0.15) is 0 Å². The molecule has 8 heteroatoms. The number of fused-ring (bicyclic) bond motifs is 1. The van der Waals surface area contributed by atoms with Gasteiger partial charge in [-0.15, -0.1) is 0 Å². The van der Waals surface area contributed by atoms with Crippen molar-refractivity contribution in [3.63, 3.8) is 0 Å². The monoisotopic (exact) mass is 424 g/mol. The van der Waals surface area contributed by atoms with E-state index in [0.717, 1.165) is 12.0 Å². The van der Waals surface area contributed by atoms with Crippen LogP contribution in [0.15, 0.2) is 27.8 Å². The topological polar surface area (TPSA) is 88.1 Å². The molecule has 1 aromatic carbocycles. The molecule has 164 valence electrons. The first-order valence-corrected chi connectivity index (χ1v) is 10.4. The van der Waals surface area contributed by atoms with Crippen molar-refractivity contribution in [2.75, 3.05) is 7.11 Å². The Morgan fingerprint density at radius 3 is 2.39 bits per heavy atom. The summed E-state index contributed by atoms with van der Waals surface area (Å²) in [5, 5.41) is 0. The van der Waals surface area contributed by atoms with E-state index in [1.807, 2.05) is 26.0 Å². The number of benzene rings is 1. The zero-order chi connectivity index (χ0) is 22.7. The van der Waals surface area contributed by atoms with E-state index in [2.05, 4.69) is 4.98 Å². The molecule has 0 aliphatic carbocycles. The van der Waals surface area contributed by atoms with E-state index in [9.17, 15) is 14.4 Å². The van der Waals surface area contributed by atoms with Gasteiger partial charge in [-0.3, -0.25) is 18.7 Å². The van der Waals surface area contributed by atoms with Crippen LogP contribution in [0.3, 0.4) is 0 Å². The average molecular weight is 425 g/mol. The fourth-order valence-corrected chi connectivity index (χ4v) is 3.65. The van der Waals surface area contributed by atoms with Gasteiger partial charge in [0.25, 0.3) is 5.56 Å². The second kappa shape index (κ2) is 9.16. The predicted molar refractivity (Wildman–Crippen MR) is 122 cm³/mol. The van der Waals surface area contributed by atoms with Crippen molar-refractivity contribution in [3.05, 3.63) is 56.0 Å². The van der Waals surface area contributed by atoms with Crippen LogP contribution in [-0.4, -0.2) is 31.6 Å². The standard InChI is InChI=1S/C23H28N4O4/c1-6-12-26-21-20(22(29)27(13-7-2)23(26)30)25(4)19(24-21)11-9-16-8-10-18(31-5)17(14-16)15(3)28/h8-11,14H,6-7,12-13H2,1-5H3/b11-9+. The molecule has 2 aromatic heterocycles. The molecule has 0 unspecified atom stereocenters. The van der Waals surface area contributed by atoms with Crippen molar-refractivity contribution >= 4 is 29.1 Å². The summed E-state index contributed by atoms with van der Waals surface area (Å²) in [6.07, 6.45) is 5.03. The van der Waals surface area contributed by atoms with Crippen molar-refractivity contribution in [2.24, 2.45) is 7.05 Å². The van der Waals surface area contributed by atoms with Crippen LogP contribution in [0.1, 0.15) is 55.4 Å². The van der Waals surface area contributed by atoms with Crippen molar-refractivity contribution in [1.29, 1.82) is 0 Å². The lowest BCUT2D eigenvalue weighted by molar-refractivity contribution is 0.101. The highest BCUT2D eigenvalue weighted by molar-refractivity contribution is 5.97. The van der Waals surface area contributed by atoms with Gasteiger partial charge < -0.3 is 9.30 Å². The fourth-order valence-electron chi connectivity index (χ4n) is 3.65. The summed E-state index contributed by atoms with van der Waals surface area (Å²) in [4.78, 5) is 42.3. The minimum Gasteiger partial charge on any atom is -0.496 e. The Hall–Kier alpha value is -3.42. The molecule has 0 saturated heterocycles. The molecule has 0 amide bonds. The molecule has 0 radical (unpaired) electrons. The highest BCUT2D eigenvalue weighted by atomic mass is 16.5. The van der Waals surface area contributed by atoms with Crippen LogP contribution in [0, 0.1) is 0 Å². The normalized spacial score (nSPS) is 11.5. The first kappa shape index (κ1) is 22.3. The minimum atomic E-state index is -0.327. The number of nitrogens with zero attached hydrogens (tertiary/aromatic N) is 4. The molecular weight excluding hydrogens is 396 g/mol. The number of carbonyl (C=O) groups is 1. The van der Waals surface area contributed by atoms with Gasteiger partial charge in [0.2, 0.25) is 0 Å². The van der Waals surface area contributed by atoms with Crippen molar-refractivity contribution in [3.8, 4) is 5.75 Å². The molecule has 31 heavy (non-hydrogen) atoms. The number of methoxy groups -OCH3 is 1. The maximum Gasteiger partial charge on any atom is 0.332 e. The summed E-state index contributed by atoms with van der Waals surface area (Å²) in [5.41, 5.74) is 1.44. The van der Waals surface area contributed by atoms with Crippen LogP contribution in [-0.2, 0) is 20.1 Å². The molecule has 0 aliphatic rings. The highest BCUT2D eigenvalue weighted by Gasteiger charge is 2.18. The molecule has 0 bridgehead atoms. The number of ether oxygens (including phenoxy) is 1. The third kappa shape index (κ3) is 4.10. The van der Waals surface area contributed by atoms with Gasteiger partial charge in [-0.1, -0.05) is 26.0 Å². The number of aromatic nitrogens is 4. The summed E-state index contributed by atoms with van der Waals surface area (Å²) in [5.74, 6) is 0.980. The number of imidazole rings is 1. The summed E-state index contributed by atoms with van der Waals surface area (Å²) >= 11 is 0.